The number of aromatic nitrogens is 3. The SMILES string of the molecule is CC[C@H](NC(=O)[C@H](Cc1cnc[nH]1)NC(=O)[C@@H](N)Cc1c[nH]c2ccccc12)C(C)=O. The first kappa shape index (κ1) is 22.2. The quantitative estimate of drug-likeness (QED) is 0.329. The van der Waals surface area contributed by atoms with Crippen LogP contribution in [0.3, 0.4) is 0 Å². The first-order chi connectivity index (χ1) is 14.9. The molecule has 0 aliphatic heterocycles. The average Bonchev–Trinajstić information content (AvgIpc) is 3.41. The number of aromatic amines is 2. The third-order valence-electron chi connectivity index (χ3n) is 5.28. The molecule has 0 aliphatic carbocycles. The van der Waals surface area contributed by atoms with Crippen molar-refractivity contribution in [1.29, 1.82) is 0 Å². The number of carbonyl (C=O) groups excluding carboxylic acids is 3. The van der Waals surface area contributed by atoms with Crippen molar-refractivity contribution in [2.75, 3.05) is 0 Å². The predicted octanol–water partition coefficient (Wildman–Crippen LogP) is 0.972. The summed E-state index contributed by atoms with van der Waals surface area (Å²) in [7, 11) is 0. The second kappa shape index (κ2) is 10.0. The number of nitrogens with two attached hydrogens (primary N) is 1. The molecule has 9 heteroatoms. The van der Waals surface area contributed by atoms with Gasteiger partial charge < -0.3 is 26.3 Å². The van der Waals surface area contributed by atoms with Gasteiger partial charge in [-0.3, -0.25) is 14.4 Å². The van der Waals surface area contributed by atoms with E-state index in [9.17, 15) is 14.4 Å². The van der Waals surface area contributed by atoms with Gasteiger partial charge in [0.05, 0.1) is 18.4 Å². The van der Waals surface area contributed by atoms with Gasteiger partial charge in [-0.25, -0.2) is 4.98 Å². The molecule has 1 aromatic carbocycles. The number of rotatable bonds is 10. The van der Waals surface area contributed by atoms with Gasteiger partial charge in [0.2, 0.25) is 11.8 Å². The summed E-state index contributed by atoms with van der Waals surface area (Å²) in [6.45, 7) is 3.24. The van der Waals surface area contributed by atoms with E-state index in [0.29, 0.717) is 18.5 Å². The summed E-state index contributed by atoms with van der Waals surface area (Å²) >= 11 is 0. The van der Waals surface area contributed by atoms with E-state index in [1.165, 1.54) is 13.3 Å². The Morgan fingerprint density at radius 2 is 1.81 bits per heavy atom. The summed E-state index contributed by atoms with van der Waals surface area (Å²) < 4.78 is 0. The lowest BCUT2D eigenvalue weighted by Crippen LogP contribution is -2.55. The van der Waals surface area contributed by atoms with Crippen LogP contribution in [-0.2, 0) is 27.2 Å². The maximum Gasteiger partial charge on any atom is 0.243 e. The summed E-state index contributed by atoms with van der Waals surface area (Å²) in [5.41, 5.74) is 8.74. The molecular weight excluding hydrogens is 396 g/mol. The Bertz CT molecular complexity index is 1040. The number of hydrogen-bond acceptors (Lipinski definition) is 5. The number of benzene rings is 1. The molecule has 164 valence electrons. The zero-order valence-electron chi connectivity index (χ0n) is 17.6. The average molecular weight is 425 g/mol. The van der Waals surface area contributed by atoms with Crippen LogP contribution in [0.2, 0.25) is 0 Å². The summed E-state index contributed by atoms with van der Waals surface area (Å²) in [6, 6.07) is 5.43. The fourth-order valence-electron chi connectivity index (χ4n) is 3.50. The van der Waals surface area contributed by atoms with E-state index in [4.69, 9.17) is 5.73 Å². The summed E-state index contributed by atoms with van der Waals surface area (Å²) in [5.74, 6) is -1.02. The van der Waals surface area contributed by atoms with Gasteiger partial charge >= 0.3 is 0 Å². The molecule has 0 radical (unpaired) electrons. The third kappa shape index (κ3) is 5.58. The zero-order chi connectivity index (χ0) is 22.4. The van der Waals surface area contributed by atoms with Gasteiger partial charge in [0, 0.05) is 35.4 Å². The van der Waals surface area contributed by atoms with Crippen LogP contribution in [0, 0.1) is 0 Å². The van der Waals surface area contributed by atoms with Crippen molar-refractivity contribution >= 4 is 28.5 Å². The third-order valence-corrected chi connectivity index (χ3v) is 5.28. The molecule has 0 saturated heterocycles. The number of amides is 2. The van der Waals surface area contributed by atoms with Crippen LogP contribution < -0.4 is 16.4 Å². The Labute approximate surface area is 180 Å². The van der Waals surface area contributed by atoms with Crippen molar-refractivity contribution < 1.29 is 14.4 Å². The van der Waals surface area contributed by atoms with Gasteiger partial charge in [-0.15, -0.1) is 0 Å². The van der Waals surface area contributed by atoms with Gasteiger partial charge in [0.1, 0.15) is 6.04 Å². The number of carbonyl (C=O) groups is 3. The van der Waals surface area contributed by atoms with Crippen molar-refractivity contribution in [2.24, 2.45) is 5.73 Å². The van der Waals surface area contributed by atoms with E-state index in [0.717, 1.165) is 16.5 Å². The Morgan fingerprint density at radius 3 is 2.48 bits per heavy atom. The highest BCUT2D eigenvalue weighted by Crippen LogP contribution is 2.18. The number of fused-ring (bicyclic) bond motifs is 1. The molecule has 0 bridgehead atoms. The zero-order valence-corrected chi connectivity index (χ0v) is 17.6. The number of nitrogens with zero attached hydrogens (tertiary/aromatic N) is 1. The first-order valence-corrected chi connectivity index (χ1v) is 10.3. The van der Waals surface area contributed by atoms with Crippen LogP contribution >= 0.6 is 0 Å². The molecule has 3 atom stereocenters. The first-order valence-electron chi connectivity index (χ1n) is 10.3. The minimum absolute atomic E-state index is 0.140. The Hall–Kier alpha value is -3.46. The second-order valence-electron chi connectivity index (χ2n) is 7.59. The van der Waals surface area contributed by atoms with Crippen molar-refractivity contribution in [3.05, 3.63) is 54.2 Å². The van der Waals surface area contributed by atoms with Crippen LogP contribution in [0.4, 0.5) is 0 Å². The van der Waals surface area contributed by atoms with Crippen molar-refractivity contribution in [1.82, 2.24) is 25.6 Å². The molecule has 0 spiro atoms. The highest BCUT2D eigenvalue weighted by Gasteiger charge is 2.27. The van der Waals surface area contributed by atoms with Gasteiger partial charge in [-0.2, -0.15) is 0 Å². The van der Waals surface area contributed by atoms with Gasteiger partial charge in [0.25, 0.3) is 0 Å². The summed E-state index contributed by atoms with van der Waals surface area (Å²) in [5, 5.41) is 6.45. The number of imidazole rings is 1. The molecule has 0 saturated carbocycles. The van der Waals surface area contributed by atoms with Crippen LogP contribution in [0.25, 0.3) is 10.9 Å². The summed E-state index contributed by atoms with van der Waals surface area (Å²) in [4.78, 5) is 47.4. The molecule has 0 aliphatic rings. The maximum atomic E-state index is 12.8. The molecule has 3 rings (SSSR count). The van der Waals surface area contributed by atoms with E-state index in [1.54, 1.807) is 6.20 Å². The lowest BCUT2D eigenvalue weighted by atomic mass is 10.0. The maximum absolute atomic E-state index is 12.8. The largest absolute Gasteiger partial charge is 0.361 e. The van der Waals surface area contributed by atoms with Gasteiger partial charge in [0.15, 0.2) is 5.78 Å². The number of nitrogens with one attached hydrogen (secondary N) is 4. The lowest BCUT2D eigenvalue weighted by Gasteiger charge is -2.22. The Morgan fingerprint density at radius 1 is 1.06 bits per heavy atom. The molecule has 2 heterocycles. The van der Waals surface area contributed by atoms with Crippen molar-refractivity contribution in [3.63, 3.8) is 0 Å². The highest BCUT2D eigenvalue weighted by molar-refractivity contribution is 5.93. The number of ketones is 1. The second-order valence-corrected chi connectivity index (χ2v) is 7.59. The molecule has 0 fully saturated rings. The molecule has 9 nitrogen and oxygen atoms in total. The van der Waals surface area contributed by atoms with Crippen LogP contribution in [0.15, 0.2) is 43.0 Å². The molecular formula is C22H28N6O3. The molecule has 2 amide bonds. The van der Waals surface area contributed by atoms with Crippen molar-refractivity contribution in [2.45, 2.75) is 51.2 Å². The van der Waals surface area contributed by atoms with E-state index < -0.39 is 29.9 Å². The molecule has 31 heavy (non-hydrogen) atoms. The number of hydrogen-bond donors (Lipinski definition) is 5. The molecule has 2 aromatic heterocycles. The fourth-order valence-corrected chi connectivity index (χ4v) is 3.50. The number of para-hydroxylation sites is 1. The lowest BCUT2D eigenvalue weighted by molar-refractivity contribution is -0.131. The van der Waals surface area contributed by atoms with E-state index in [2.05, 4.69) is 25.6 Å². The Balaban J connectivity index is 1.70. The predicted molar refractivity (Wildman–Crippen MR) is 117 cm³/mol. The van der Waals surface area contributed by atoms with Crippen molar-refractivity contribution in [3.8, 4) is 0 Å². The topological polar surface area (TPSA) is 146 Å². The van der Waals surface area contributed by atoms with Gasteiger partial charge in [-0.05, 0) is 31.4 Å². The summed E-state index contributed by atoms with van der Waals surface area (Å²) in [6.07, 6.45) is 5.90. The van der Waals surface area contributed by atoms with Crippen LogP contribution in [0.1, 0.15) is 31.5 Å². The molecule has 3 aromatic rings. The number of H-pyrrole nitrogens is 2. The molecule has 0 unspecified atom stereocenters. The number of Topliss-reactive ketones (excluding diaryl/α,β-unsaturated/α-hetero) is 1. The van der Waals surface area contributed by atoms with E-state index in [1.807, 2.05) is 37.4 Å². The van der Waals surface area contributed by atoms with E-state index >= 15 is 0 Å². The van der Waals surface area contributed by atoms with E-state index in [-0.39, 0.29) is 12.2 Å². The normalized spacial score (nSPS) is 14.0. The minimum atomic E-state index is -0.893. The minimum Gasteiger partial charge on any atom is -0.361 e. The molecule has 6 N–H and O–H groups in total. The van der Waals surface area contributed by atoms with Crippen LogP contribution in [0.5, 0.6) is 0 Å². The Kier molecular flexibility index (Phi) is 7.19. The standard InChI is InChI=1S/C22H28N6O3/c1-3-18(13(2)29)27-22(31)20(9-15-11-24-12-26-15)28-21(30)17(23)8-14-10-25-19-7-5-4-6-16(14)19/h4-7,10-12,17-18,20,25H,3,8-9,23H2,1-2H3,(H,24,26)(H,27,31)(H,28,30)/t17-,18-,20-/m0/s1. The fraction of sp³-hybridized carbons (Fsp3) is 0.364. The van der Waals surface area contributed by atoms with Crippen LogP contribution in [-0.4, -0.2) is 50.7 Å². The van der Waals surface area contributed by atoms with Gasteiger partial charge in [-0.1, -0.05) is 25.1 Å². The highest BCUT2D eigenvalue weighted by atomic mass is 16.2. The monoisotopic (exact) mass is 424 g/mol. The smallest absolute Gasteiger partial charge is 0.243 e.